The quantitative estimate of drug-likeness (QED) is 0.697. The van der Waals surface area contributed by atoms with Gasteiger partial charge in [0, 0.05) is 6.61 Å². The van der Waals surface area contributed by atoms with Crippen LogP contribution in [0.4, 0.5) is 13.2 Å². The minimum Gasteiger partial charge on any atom is -0.390 e. The van der Waals surface area contributed by atoms with Gasteiger partial charge in [0.25, 0.3) is 0 Å². The molecule has 0 bridgehead atoms. The molecule has 0 aliphatic heterocycles. The van der Waals surface area contributed by atoms with Crippen LogP contribution < -0.4 is 0 Å². The molecular weight excluding hydrogens is 185 g/mol. The predicted octanol–water partition coefficient (Wildman–Crippen LogP) is 1.73. The van der Waals surface area contributed by atoms with Gasteiger partial charge in [0.1, 0.15) is 6.61 Å². The maximum Gasteiger partial charge on any atom is 0.411 e. The Kier molecular flexibility index (Phi) is 2.87. The monoisotopic (exact) mass is 198 g/mol. The molecule has 0 saturated heterocycles. The third-order valence-corrected chi connectivity index (χ3v) is 2.36. The van der Waals surface area contributed by atoms with Gasteiger partial charge in [-0.25, -0.2) is 0 Å². The molecule has 0 aromatic heterocycles. The van der Waals surface area contributed by atoms with Gasteiger partial charge >= 0.3 is 6.18 Å². The van der Waals surface area contributed by atoms with Gasteiger partial charge in [0.15, 0.2) is 0 Å². The first-order chi connectivity index (χ1) is 5.83. The van der Waals surface area contributed by atoms with Crippen LogP contribution in [0.3, 0.4) is 0 Å². The summed E-state index contributed by atoms with van der Waals surface area (Å²) in [5, 5.41) is 9.47. The molecule has 1 N–H and O–H groups in total. The zero-order valence-corrected chi connectivity index (χ0v) is 7.40. The summed E-state index contributed by atoms with van der Waals surface area (Å²) < 4.78 is 39.1. The first-order valence-electron chi connectivity index (χ1n) is 4.20. The van der Waals surface area contributed by atoms with Crippen LogP contribution in [0.2, 0.25) is 0 Å². The van der Waals surface area contributed by atoms with Gasteiger partial charge in [0.2, 0.25) is 0 Å². The summed E-state index contributed by atoms with van der Waals surface area (Å²) in [6, 6.07) is 0. The molecular formula is C8H13F3O2. The minimum absolute atomic E-state index is 0.0274. The zero-order chi connectivity index (χ0) is 10.1. The second kappa shape index (κ2) is 3.46. The van der Waals surface area contributed by atoms with E-state index in [1.165, 1.54) is 0 Å². The van der Waals surface area contributed by atoms with E-state index in [0.717, 1.165) is 0 Å². The highest BCUT2D eigenvalue weighted by atomic mass is 19.4. The summed E-state index contributed by atoms with van der Waals surface area (Å²) in [4.78, 5) is 0. The Morgan fingerprint density at radius 1 is 1.54 bits per heavy atom. The fraction of sp³-hybridized carbons (Fsp3) is 1.00. The van der Waals surface area contributed by atoms with Crippen LogP contribution in [0.25, 0.3) is 0 Å². The van der Waals surface area contributed by atoms with Crippen molar-refractivity contribution in [2.45, 2.75) is 31.5 Å². The molecule has 1 aliphatic carbocycles. The lowest BCUT2D eigenvalue weighted by atomic mass is 10.2. The largest absolute Gasteiger partial charge is 0.411 e. The maximum atomic E-state index is 11.6. The van der Waals surface area contributed by atoms with Crippen LogP contribution in [0.15, 0.2) is 0 Å². The van der Waals surface area contributed by atoms with Crippen LogP contribution in [-0.4, -0.2) is 30.1 Å². The van der Waals surface area contributed by atoms with Gasteiger partial charge in [-0.2, -0.15) is 13.2 Å². The molecule has 0 radical (unpaired) electrons. The predicted molar refractivity (Wildman–Crippen MR) is 40.2 cm³/mol. The van der Waals surface area contributed by atoms with Crippen molar-refractivity contribution in [1.29, 1.82) is 0 Å². The van der Waals surface area contributed by atoms with Gasteiger partial charge in [-0.05, 0) is 18.8 Å². The van der Waals surface area contributed by atoms with Crippen molar-refractivity contribution in [3.05, 3.63) is 0 Å². The molecule has 1 fully saturated rings. The fourth-order valence-electron chi connectivity index (χ4n) is 1.26. The number of ether oxygens (including phenoxy) is 1. The molecule has 0 amide bonds. The van der Waals surface area contributed by atoms with E-state index >= 15 is 0 Å². The number of alkyl halides is 3. The summed E-state index contributed by atoms with van der Waals surface area (Å²) in [7, 11) is 0. The Morgan fingerprint density at radius 3 is 2.46 bits per heavy atom. The number of hydrogen-bond donors (Lipinski definition) is 1. The van der Waals surface area contributed by atoms with Crippen molar-refractivity contribution in [3.8, 4) is 0 Å². The standard InChI is InChI=1S/C8H13F3O2/c1-6-4-7(6,12)2-3-13-5-8(9,10)11/h6,12H,2-5H2,1H3. The molecule has 0 aromatic rings. The van der Waals surface area contributed by atoms with E-state index in [0.29, 0.717) is 12.8 Å². The van der Waals surface area contributed by atoms with Crippen LogP contribution in [-0.2, 0) is 4.74 Å². The lowest BCUT2D eigenvalue weighted by molar-refractivity contribution is -0.175. The second-order valence-corrected chi connectivity index (χ2v) is 3.63. The van der Waals surface area contributed by atoms with E-state index in [-0.39, 0.29) is 12.5 Å². The van der Waals surface area contributed by atoms with Crippen LogP contribution in [0.5, 0.6) is 0 Å². The Labute approximate surface area is 74.7 Å². The Balaban J connectivity index is 2.03. The number of rotatable bonds is 4. The van der Waals surface area contributed by atoms with Gasteiger partial charge in [-0.15, -0.1) is 0 Å². The molecule has 5 heteroatoms. The van der Waals surface area contributed by atoms with Crippen molar-refractivity contribution >= 4 is 0 Å². The fourth-order valence-corrected chi connectivity index (χ4v) is 1.26. The molecule has 0 spiro atoms. The van der Waals surface area contributed by atoms with Crippen molar-refractivity contribution in [2.24, 2.45) is 5.92 Å². The first kappa shape index (κ1) is 10.8. The maximum absolute atomic E-state index is 11.6. The third kappa shape index (κ3) is 3.52. The van der Waals surface area contributed by atoms with Crippen LogP contribution >= 0.6 is 0 Å². The van der Waals surface area contributed by atoms with E-state index in [1.807, 2.05) is 6.92 Å². The molecule has 2 unspecified atom stereocenters. The van der Waals surface area contributed by atoms with Crippen molar-refractivity contribution in [3.63, 3.8) is 0 Å². The topological polar surface area (TPSA) is 29.5 Å². The van der Waals surface area contributed by atoms with Crippen molar-refractivity contribution < 1.29 is 23.0 Å². The smallest absolute Gasteiger partial charge is 0.390 e. The highest BCUT2D eigenvalue weighted by molar-refractivity contribution is 5.00. The summed E-state index contributed by atoms with van der Waals surface area (Å²) in [6.45, 7) is 0.613. The second-order valence-electron chi connectivity index (χ2n) is 3.63. The number of halogens is 3. The molecule has 0 heterocycles. The average molecular weight is 198 g/mol. The summed E-state index contributed by atoms with van der Waals surface area (Å²) in [5.74, 6) is 0.196. The number of hydrogen-bond acceptors (Lipinski definition) is 2. The van der Waals surface area contributed by atoms with Gasteiger partial charge < -0.3 is 9.84 Å². The average Bonchev–Trinajstić information content (AvgIpc) is 2.52. The normalized spacial score (nSPS) is 33.5. The molecule has 0 aromatic carbocycles. The number of aliphatic hydroxyl groups is 1. The SMILES string of the molecule is CC1CC1(O)CCOCC(F)(F)F. The first-order valence-corrected chi connectivity index (χ1v) is 4.20. The molecule has 1 saturated carbocycles. The molecule has 1 rings (SSSR count). The molecule has 2 nitrogen and oxygen atoms in total. The van der Waals surface area contributed by atoms with Crippen molar-refractivity contribution in [2.75, 3.05) is 13.2 Å². The summed E-state index contributed by atoms with van der Waals surface area (Å²) >= 11 is 0. The highest BCUT2D eigenvalue weighted by Gasteiger charge is 2.48. The van der Waals surface area contributed by atoms with E-state index < -0.39 is 18.4 Å². The third-order valence-electron chi connectivity index (χ3n) is 2.36. The van der Waals surface area contributed by atoms with Gasteiger partial charge in [-0.1, -0.05) is 6.92 Å². The van der Waals surface area contributed by atoms with Crippen molar-refractivity contribution in [1.82, 2.24) is 0 Å². The Hall–Kier alpha value is -0.290. The van der Waals surface area contributed by atoms with Gasteiger partial charge in [0.05, 0.1) is 5.60 Å². The summed E-state index contributed by atoms with van der Waals surface area (Å²) in [5.41, 5.74) is -0.758. The lowest BCUT2D eigenvalue weighted by Crippen LogP contribution is -2.20. The van der Waals surface area contributed by atoms with E-state index in [1.54, 1.807) is 0 Å². The van der Waals surface area contributed by atoms with E-state index in [2.05, 4.69) is 4.74 Å². The van der Waals surface area contributed by atoms with E-state index in [9.17, 15) is 18.3 Å². The Morgan fingerprint density at radius 2 is 2.08 bits per heavy atom. The summed E-state index contributed by atoms with van der Waals surface area (Å²) in [6.07, 6.45) is -3.30. The van der Waals surface area contributed by atoms with Crippen LogP contribution in [0, 0.1) is 5.92 Å². The molecule has 2 atom stereocenters. The van der Waals surface area contributed by atoms with E-state index in [4.69, 9.17) is 0 Å². The minimum atomic E-state index is -4.27. The lowest BCUT2D eigenvalue weighted by Gasteiger charge is -2.10. The molecule has 13 heavy (non-hydrogen) atoms. The Bertz CT molecular complexity index is 181. The zero-order valence-electron chi connectivity index (χ0n) is 7.40. The van der Waals surface area contributed by atoms with Crippen LogP contribution in [0.1, 0.15) is 19.8 Å². The highest BCUT2D eigenvalue weighted by Crippen LogP contribution is 2.45. The van der Waals surface area contributed by atoms with Gasteiger partial charge in [-0.3, -0.25) is 0 Å². The molecule has 1 aliphatic rings. The molecule has 78 valence electrons.